The second kappa shape index (κ2) is 9.76. The summed E-state index contributed by atoms with van der Waals surface area (Å²) in [6, 6.07) is 14.7. The van der Waals surface area contributed by atoms with Crippen LogP contribution in [0.25, 0.3) is 6.08 Å². The molecule has 31 heavy (non-hydrogen) atoms. The second-order valence-corrected chi connectivity index (χ2v) is 9.18. The Hall–Kier alpha value is -3.17. The highest BCUT2D eigenvalue weighted by atomic mass is 35.5. The van der Waals surface area contributed by atoms with E-state index in [-0.39, 0.29) is 22.8 Å². The molecule has 1 heterocycles. The maximum absolute atomic E-state index is 13.1. The SMILES string of the molecule is N#CC(C#N)=Cc1ccc(OC(=O)C2CCCCN2S(=O)(=O)c2ccc(Cl)cc2)cc1. The van der Waals surface area contributed by atoms with E-state index in [1.807, 2.05) is 0 Å². The number of halogens is 1. The minimum absolute atomic E-state index is 0.0463. The maximum Gasteiger partial charge on any atom is 0.329 e. The van der Waals surface area contributed by atoms with E-state index in [9.17, 15) is 13.2 Å². The third-order valence-corrected chi connectivity index (χ3v) is 6.97. The summed E-state index contributed by atoms with van der Waals surface area (Å²) in [5.41, 5.74) is 0.553. The van der Waals surface area contributed by atoms with Crippen molar-refractivity contribution in [3.05, 3.63) is 64.7 Å². The van der Waals surface area contributed by atoms with Crippen LogP contribution in [0.3, 0.4) is 0 Å². The van der Waals surface area contributed by atoms with E-state index in [1.165, 1.54) is 46.8 Å². The molecule has 1 aliphatic heterocycles. The number of hydrogen-bond donors (Lipinski definition) is 0. The average molecular weight is 456 g/mol. The van der Waals surface area contributed by atoms with E-state index in [2.05, 4.69) is 0 Å². The Bertz CT molecular complexity index is 1160. The molecule has 9 heteroatoms. The van der Waals surface area contributed by atoms with Crippen LogP contribution < -0.4 is 4.74 Å². The first-order chi connectivity index (χ1) is 14.8. The zero-order valence-corrected chi connectivity index (χ0v) is 17.9. The van der Waals surface area contributed by atoms with Crippen LogP contribution in [-0.2, 0) is 14.8 Å². The molecule has 0 saturated carbocycles. The van der Waals surface area contributed by atoms with Crippen molar-refractivity contribution in [2.75, 3.05) is 6.54 Å². The number of carbonyl (C=O) groups excluding carboxylic acids is 1. The number of allylic oxidation sites excluding steroid dienone is 1. The number of nitrogens with zero attached hydrogens (tertiary/aromatic N) is 3. The lowest BCUT2D eigenvalue weighted by atomic mass is 10.1. The molecule has 2 aromatic rings. The molecule has 1 fully saturated rings. The van der Waals surface area contributed by atoms with Crippen molar-refractivity contribution in [2.45, 2.75) is 30.2 Å². The van der Waals surface area contributed by atoms with Gasteiger partial charge in [-0.25, -0.2) is 13.2 Å². The predicted molar refractivity (Wildman–Crippen MR) is 114 cm³/mol. The van der Waals surface area contributed by atoms with Crippen LogP contribution in [0.15, 0.2) is 59.0 Å². The van der Waals surface area contributed by atoms with Gasteiger partial charge in [0.15, 0.2) is 0 Å². The highest BCUT2D eigenvalue weighted by molar-refractivity contribution is 7.89. The fourth-order valence-corrected chi connectivity index (χ4v) is 5.02. The molecule has 0 bridgehead atoms. The molecule has 7 nitrogen and oxygen atoms in total. The molecule has 0 radical (unpaired) electrons. The van der Waals surface area contributed by atoms with Crippen molar-refractivity contribution in [2.24, 2.45) is 0 Å². The summed E-state index contributed by atoms with van der Waals surface area (Å²) < 4.78 is 32.8. The number of ether oxygens (including phenoxy) is 1. The van der Waals surface area contributed by atoms with Gasteiger partial charge in [0.05, 0.1) is 4.90 Å². The lowest BCUT2D eigenvalue weighted by Gasteiger charge is -2.32. The van der Waals surface area contributed by atoms with E-state index in [1.54, 1.807) is 24.3 Å². The standard InChI is InChI=1S/C22H18ClN3O4S/c23-18-6-10-20(11-7-18)31(28,29)26-12-2-1-3-21(26)22(27)30-19-8-4-16(5-9-19)13-17(14-24)15-25/h4-11,13,21H,1-3,12H2. The molecule has 2 aromatic carbocycles. The predicted octanol–water partition coefficient (Wildman–Crippen LogP) is 3.92. The number of benzene rings is 2. The maximum atomic E-state index is 13.1. The lowest BCUT2D eigenvalue weighted by molar-refractivity contribution is -0.139. The van der Waals surface area contributed by atoms with Crippen molar-refractivity contribution in [1.82, 2.24) is 4.31 Å². The van der Waals surface area contributed by atoms with Crippen LogP contribution >= 0.6 is 11.6 Å². The third-order valence-electron chi connectivity index (χ3n) is 4.80. The molecule has 158 valence electrons. The first-order valence-corrected chi connectivity index (χ1v) is 11.3. The van der Waals surface area contributed by atoms with Gasteiger partial charge in [-0.2, -0.15) is 14.8 Å². The fraction of sp³-hybridized carbons (Fsp3) is 0.227. The van der Waals surface area contributed by atoms with Crippen molar-refractivity contribution in [3.63, 3.8) is 0 Å². The monoisotopic (exact) mass is 455 g/mol. The molecule has 0 spiro atoms. The summed E-state index contributed by atoms with van der Waals surface area (Å²) in [6.45, 7) is 0.222. The fourth-order valence-electron chi connectivity index (χ4n) is 3.24. The molecular formula is C22H18ClN3O4S. The first kappa shape index (κ1) is 22.5. The molecule has 0 amide bonds. The quantitative estimate of drug-likeness (QED) is 0.383. The van der Waals surface area contributed by atoms with Crippen molar-refractivity contribution < 1.29 is 17.9 Å². The molecular weight excluding hydrogens is 438 g/mol. The summed E-state index contributed by atoms with van der Waals surface area (Å²) in [5.74, 6) is -0.415. The number of rotatable bonds is 5. The number of piperidine rings is 1. The average Bonchev–Trinajstić information content (AvgIpc) is 2.79. The van der Waals surface area contributed by atoms with E-state index in [0.717, 1.165) is 0 Å². The molecule has 0 aliphatic carbocycles. The van der Waals surface area contributed by atoms with Gasteiger partial charge < -0.3 is 4.74 Å². The zero-order chi connectivity index (χ0) is 22.4. The smallest absolute Gasteiger partial charge is 0.329 e. The van der Waals surface area contributed by atoms with Gasteiger partial charge in [-0.1, -0.05) is 23.7 Å². The molecule has 0 N–H and O–H groups in total. The Kier molecular flexibility index (Phi) is 7.09. The van der Waals surface area contributed by atoms with Crippen LogP contribution in [0.2, 0.25) is 5.02 Å². The highest BCUT2D eigenvalue weighted by Gasteiger charge is 2.38. The summed E-state index contributed by atoms with van der Waals surface area (Å²) in [5, 5.41) is 18.1. The Morgan fingerprint density at radius 3 is 2.32 bits per heavy atom. The first-order valence-electron chi connectivity index (χ1n) is 9.46. The van der Waals surface area contributed by atoms with E-state index in [0.29, 0.717) is 29.8 Å². The summed E-state index contributed by atoms with van der Waals surface area (Å²) in [4.78, 5) is 12.9. The Morgan fingerprint density at radius 2 is 1.71 bits per heavy atom. The lowest BCUT2D eigenvalue weighted by Crippen LogP contribution is -2.49. The molecule has 0 aromatic heterocycles. The Morgan fingerprint density at radius 1 is 1.06 bits per heavy atom. The van der Waals surface area contributed by atoms with Gasteiger partial charge in [-0.15, -0.1) is 0 Å². The minimum Gasteiger partial charge on any atom is -0.425 e. The van der Waals surface area contributed by atoms with Gasteiger partial charge in [0.1, 0.15) is 29.5 Å². The second-order valence-electron chi connectivity index (χ2n) is 6.85. The van der Waals surface area contributed by atoms with Crippen LogP contribution in [0, 0.1) is 22.7 Å². The van der Waals surface area contributed by atoms with Crippen LogP contribution in [0.4, 0.5) is 0 Å². The van der Waals surface area contributed by atoms with E-state index >= 15 is 0 Å². The van der Waals surface area contributed by atoms with Crippen LogP contribution in [-0.4, -0.2) is 31.3 Å². The van der Waals surface area contributed by atoms with Gasteiger partial charge >= 0.3 is 5.97 Å². The van der Waals surface area contributed by atoms with Gasteiger partial charge in [0, 0.05) is 11.6 Å². The van der Waals surface area contributed by atoms with Gasteiger partial charge in [0.25, 0.3) is 0 Å². The topological polar surface area (TPSA) is 111 Å². The molecule has 1 atom stereocenters. The van der Waals surface area contributed by atoms with E-state index < -0.39 is 22.0 Å². The van der Waals surface area contributed by atoms with Crippen LogP contribution in [0.5, 0.6) is 5.75 Å². The van der Waals surface area contributed by atoms with Crippen LogP contribution in [0.1, 0.15) is 24.8 Å². The molecule has 3 rings (SSSR count). The Labute approximate surface area is 185 Å². The Balaban J connectivity index is 1.78. The van der Waals surface area contributed by atoms with Gasteiger partial charge in [0.2, 0.25) is 10.0 Å². The molecule has 1 saturated heterocycles. The number of hydrogen-bond acceptors (Lipinski definition) is 6. The van der Waals surface area contributed by atoms with Gasteiger partial charge in [-0.05, 0) is 67.3 Å². The highest BCUT2D eigenvalue weighted by Crippen LogP contribution is 2.27. The normalized spacial score (nSPS) is 16.5. The van der Waals surface area contributed by atoms with Crippen molar-refractivity contribution in [1.29, 1.82) is 10.5 Å². The zero-order valence-electron chi connectivity index (χ0n) is 16.4. The molecule has 1 unspecified atom stereocenters. The number of carbonyl (C=O) groups is 1. The number of sulfonamides is 1. The molecule has 1 aliphatic rings. The number of esters is 1. The van der Waals surface area contributed by atoms with E-state index in [4.69, 9.17) is 26.9 Å². The summed E-state index contributed by atoms with van der Waals surface area (Å²) in [7, 11) is -3.89. The summed E-state index contributed by atoms with van der Waals surface area (Å²) >= 11 is 5.85. The van der Waals surface area contributed by atoms with Gasteiger partial charge in [-0.3, -0.25) is 0 Å². The van der Waals surface area contributed by atoms with Crippen molar-refractivity contribution in [3.8, 4) is 17.9 Å². The summed E-state index contributed by atoms with van der Waals surface area (Å²) in [6.07, 6.45) is 3.13. The largest absolute Gasteiger partial charge is 0.425 e. The number of nitriles is 2. The van der Waals surface area contributed by atoms with Crippen molar-refractivity contribution >= 4 is 33.7 Å². The minimum atomic E-state index is -3.89. The third kappa shape index (κ3) is 5.31.